The van der Waals surface area contributed by atoms with Gasteiger partial charge in [-0.2, -0.15) is 13.2 Å². The molecular weight excluding hydrogens is 273 g/mol. The van der Waals surface area contributed by atoms with E-state index in [0.717, 1.165) is 6.07 Å². The highest BCUT2D eigenvalue weighted by Gasteiger charge is 2.57. The van der Waals surface area contributed by atoms with Crippen LogP contribution in [0.3, 0.4) is 0 Å². The van der Waals surface area contributed by atoms with Crippen molar-refractivity contribution < 1.29 is 18.1 Å². The number of nitrogens with two attached hydrogens (primary N) is 1. The number of benzene rings is 1. The summed E-state index contributed by atoms with van der Waals surface area (Å²) in [6.45, 7) is 4.16. The van der Waals surface area contributed by atoms with Gasteiger partial charge in [0.1, 0.15) is 0 Å². The summed E-state index contributed by atoms with van der Waals surface area (Å²) in [7, 11) is 0. The van der Waals surface area contributed by atoms with Crippen LogP contribution in [0.15, 0.2) is 18.2 Å². The standard InChI is InChI=1S/C13H15F3N2O2/c1-12(2)10(6-17)11(12)7-3-8(13(14,15)16)5-9(4-7)18(19)20/h3-5,10-11H,6,17H2,1-2H3. The maximum absolute atomic E-state index is 12.8. The Morgan fingerprint density at radius 2 is 1.95 bits per heavy atom. The first-order valence-corrected chi connectivity index (χ1v) is 6.15. The molecular formula is C13H15F3N2O2. The predicted octanol–water partition coefficient (Wildman–Crippen LogP) is 3.31. The van der Waals surface area contributed by atoms with E-state index >= 15 is 0 Å². The lowest BCUT2D eigenvalue weighted by molar-refractivity contribution is -0.385. The normalized spacial score (nSPS) is 24.5. The van der Waals surface area contributed by atoms with Crippen molar-refractivity contribution in [3.05, 3.63) is 39.4 Å². The molecule has 1 saturated carbocycles. The number of rotatable bonds is 3. The lowest BCUT2D eigenvalue weighted by Crippen LogP contribution is -2.07. The molecule has 7 heteroatoms. The SMILES string of the molecule is CC1(C)C(CN)C1c1cc([N+](=O)[O-])cc(C(F)(F)F)c1. The van der Waals surface area contributed by atoms with Crippen LogP contribution in [0.2, 0.25) is 0 Å². The van der Waals surface area contributed by atoms with E-state index in [1.807, 2.05) is 13.8 Å². The molecule has 1 aromatic carbocycles. The van der Waals surface area contributed by atoms with Crippen molar-refractivity contribution in [3.63, 3.8) is 0 Å². The average Bonchev–Trinajstić information content (AvgIpc) is 2.89. The first-order chi connectivity index (χ1) is 9.09. The minimum absolute atomic E-state index is 0.0468. The molecule has 2 N–H and O–H groups in total. The van der Waals surface area contributed by atoms with Gasteiger partial charge in [0.05, 0.1) is 10.5 Å². The summed E-state index contributed by atoms with van der Waals surface area (Å²) < 4.78 is 38.5. The molecule has 0 saturated heterocycles. The zero-order valence-electron chi connectivity index (χ0n) is 11.1. The van der Waals surface area contributed by atoms with E-state index in [9.17, 15) is 23.3 Å². The average molecular weight is 288 g/mol. The number of hydrogen-bond acceptors (Lipinski definition) is 3. The first-order valence-electron chi connectivity index (χ1n) is 6.15. The van der Waals surface area contributed by atoms with Gasteiger partial charge in [-0.1, -0.05) is 13.8 Å². The van der Waals surface area contributed by atoms with Crippen LogP contribution >= 0.6 is 0 Å². The molecule has 1 fully saturated rings. The van der Waals surface area contributed by atoms with Gasteiger partial charge in [0, 0.05) is 12.1 Å². The van der Waals surface area contributed by atoms with Gasteiger partial charge >= 0.3 is 6.18 Å². The Morgan fingerprint density at radius 1 is 1.35 bits per heavy atom. The van der Waals surface area contributed by atoms with Gasteiger partial charge < -0.3 is 5.73 Å². The van der Waals surface area contributed by atoms with Gasteiger partial charge in [0.2, 0.25) is 0 Å². The van der Waals surface area contributed by atoms with Crippen molar-refractivity contribution >= 4 is 5.69 Å². The molecule has 0 amide bonds. The highest BCUT2D eigenvalue weighted by atomic mass is 19.4. The fourth-order valence-electron chi connectivity index (χ4n) is 2.93. The summed E-state index contributed by atoms with van der Waals surface area (Å²) >= 11 is 0. The van der Waals surface area contributed by atoms with Crippen LogP contribution in [-0.4, -0.2) is 11.5 Å². The number of nitrogens with zero attached hydrogens (tertiary/aromatic N) is 1. The highest BCUT2D eigenvalue weighted by molar-refractivity contribution is 5.45. The van der Waals surface area contributed by atoms with Crippen molar-refractivity contribution in [3.8, 4) is 0 Å². The van der Waals surface area contributed by atoms with Gasteiger partial charge in [-0.15, -0.1) is 0 Å². The number of alkyl halides is 3. The summed E-state index contributed by atoms with van der Waals surface area (Å²) in [5.41, 5.74) is 4.19. The Kier molecular flexibility index (Phi) is 3.28. The molecule has 0 bridgehead atoms. The van der Waals surface area contributed by atoms with Gasteiger partial charge in [-0.3, -0.25) is 10.1 Å². The Labute approximate surface area is 113 Å². The summed E-state index contributed by atoms with van der Waals surface area (Å²) in [5, 5.41) is 10.8. The first kappa shape index (κ1) is 14.8. The van der Waals surface area contributed by atoms with Gasteiger partial charge in [0.25, 0.3) is 5.69 Å². The van der Waals surface area contributed by atoms with Crippen molar-refractivity contribution in [2.24, 2.45) is 17.1 Å². The minimum Gasteiger partial charge on any atom is -0.330 e. The molecule has 0 aromatic heterocycles. The lowest BCUT2D eigenvalue weighted by atomic mass is 10.00. The smallest absolute Gasteiger partial charge is 0.330 e. The monoisotopic (exact) mass is 288 g/mol. The van der Waals surface area contributed by atoms with E-state index in [1.54, 1.807) is 0 Å². The molecule has 110 valence electrons. The predicted molar refractivity (Wildman–Crippen MR) is 67.2 cm³/mol. The van der Waals surface area contributed by atoms with Crippen LogP contribution in [0.5, 0.6) is 0 Å². The molecule has 0 radical (unpaired) electrons. The Hall–Kier alpha value is -1.63. The van der Waals surface area contributed by atoms with Crippen LogP contribution in [0.25, 0.3) is 0 Å². The number of nitro groups is 1. The van der Waals surface area contributed by atoms with Crippen molar-refractivity contribution in [1.29, 1.82) is 0 Å². The molecule has 2 atom stereocenters. The topological polar surface area (TPSA) is 69.2 Å². The second kappa shape index (κ2) is 4.44. The number of nitro benzene ring substituents is 1. The van der Waals surface area contributed by atoms with Crippen LogP contribution < -0.4 is 5.73 Å². The maximum Gasteiger partial charge on any atom is 0.416 e. The third-order valence-corrected chi connectivity index (χ3v) is 4.14. The fraction of sp³-hybridized carbons (Fsp3) is 0.538. The molecule has 20 heavy (non-hydrogen) atoms. The van der Waals surface area contributed by atoms with Crippen LogP contribution in [0.1, 0.15) is 30.9 Å². The fourth-order valence-corrected chi connectivity index (χ4v) is 2.93. The molecule has 1 aliphatic rings. The summed E-state index contributed by atoms with van der Waals surface area (Å²) in [6, 6.07) is 2.78. The van der Waals surface area contributed by atoms with E-state index in [-0.39, 0.29) is 17.3 Å². The van der Waals surface area contributed by atoms with Crippen molar-refractivity contribution in [2.45, 2.75) is 25.9 Å². The lowest BCUT2D eigenvalue weighted by Gasteiger charge is -2.10. The molecule has 2 rings (SSSR count). The molecule has 0 spiro atoms. The van der Waals surface area contributed by atoms with Crippen LogP contribution in [-0.2, 0) is 6.18 Å². The highest BCUT2D eigenvalue weighted by Crippen LogP contribution is 2.64. The van der Waals surface area contributed by atoms with E-state index in [2.05, 4.69) is 0 Å². The van der Waals surface area contributed by atoms with Gasteiger partial charge in [0.15, 0.2) is 0 Å². The van der Waals surface area contributed by atoms with Crippen molar-refractivity contribution in [2.75, 3.05) is 6.54 Å². The second-order valence-corrected chi connectivity index (χ2v) is 5.71. The Bertz CT molecular complexity index is 555. The number of halogens is 3. The molecule has 2 unspecified atom stereocenters. The Balaban J connectivity index is 2.49. The Morgan fingerprint density at radius 3 is 2.35 bits per heavy atom. The summed E-state index contributed by atoms with van der Waals surface area (Å²) in [6.07, 6.45) is -4.60. The number of non-ortho nitro benzene ring substituents is 1. The molecule has 1 aliphatic carbocycles. The minimum atomic E-state index is -4.60. The molecule has 0 heterocycles. The van der Waals surface area contributed by atoms with Crippen LogP contribution in [0, 0.1) is 21.4 Å². The van der Waals surface area contributed by atoms with E-state index in [1.165, 1.54) is 6.07 Å². The van der Waals surface area contributed by atoms with E-state index < -0.39 is 22.4 Å². The summed E-state index contributed by atoms with van der Waals surface area (Å²) in [5.74, 6) is -0.126. The third-order valence-electron chi connectivity index (χ3n) is 4.14. The largest absolute Gasteiger partial charge is 0.416 e. The van der Waals surface area contributed by atoms with Gasteiger partial charge in [-0.05, 0) is 35.4 Å². The molecule has 4 nitrogen and oxygen atoms in total. The van der Waals surface area contributed by atoms with Gasteiger partial charge in [-0.25, -0.2) is 0 Å². The molecule has 0 aliphatic heterocycles. The number of hydrogen-bond donors (Lipinski definition) is 1. The zero-order valence-corrected chi connectivity index (χ0v) is 11.1. The molecule has 1 aromatic rings. The van der Waals surface area contributed by atoms with Crippen molar-refractivity contribution in [1.82, 2.24) is 0 Å². The zero-order chi connectivity index (χ0) is 15.3. The maximum atomic E-state index is 12.8. The third kappa shape index (κ3) is 2.37. The second-order valence-electron chi connectivity index (χ2n) is 5.71. The van der Waals surface area contributed by atoms with E-state index in [0.29, 0.717) is 18.2 Å². The van der Waals surface area contributed by atoms with Crippen LogP contribution in [0.4, 0.5) is 18.9 Å². The quantitative estimate of drug-likeness (QED) is 0.685. The summed E-state index contributed by atoms with van der Waals surface area (Å²) in [4.78, 5) is 10.0. The van der Waals surface area contributed by atoms with E-state index in [4.69, 9.17) is 5.73 Å².